The molecular formula is C9H11F3N6OS. The van der Waals surface area contributed by atoms with Crippen LogP contribution in [0.5, 0.6) is 0 Å². The number of urea groups is 1. The maximum atomic E-state index is 12.6. The third-order valence-electron chi connectivity index (χ3n) is 2.31. The molecule has 0 aliphatic heterocycles. The molecule has 2 aromatic rings. The third kappa shape index (κ3) is 2.98. The molecule has 0 aliphatic rings. The summed E-state index contributed by atoms with van der Waals surface area (Å²) < 4.78 is 38.4. The van der Waals surface area contributed by atoms with Gasteiger partial charge in [-0.1, -0.05) is 11.3 Å². The first-order chi connectivity index (χ1) is 9.29. The zero-order valence-corrected chi connectivity index (χ0v) is 11.4. The Morgan fingerprint density at radius 1 is 1.40 bits per heavy atom. The minimum absolute atomic E-state index is 0.0752. The number of hydrogen-bond donors (Lipinski definition) is 1. The fourth-order valence-electron chi connectivity index (χ4n) is 1.37. The molecule has 0 radical (unpaired) electrons. The lowest BCUT2D eigenvalue weighted by Gasteiger charge is -2.10. The number of nitrogens with zero attached hydrogens (tertiary/aromatic N) is 5. The molecule has 0 bridgehead atoms. The minimum Gasteiger partial charge on any atom is -0.338 e. The first-order valence-electron chi connectivity index (χ1n) is 5.52. The Kier molecular flexibility index (Phi) is 3.79. The summed E-state index contributed by atoms with van der Waals surface area (Å²) in [6.07, 6.45) is -4.27. The first-order valence-corrected chi connectivity index (χ1v) is 6.34. The van der Waals surface area contributed by atoms with E-state index in [4.69, 9.17) is 0 Å². The number of rotatable bonds is 3. The molecule has 1 N–H and O–H groups in total. The minimum atomic E-state index is -4.59. The van der Waals surface area contributed by atoms with Crippen LogP contribution in [0.4, 0.5) is 18.0 Å². The molecule has 110 valence electrons. The van der Waals surface area contributed by atoms with E-state index in [0.29, 0.717) is 15.9 Å². The lowest BCUT2D eigenvalue weighted by atomic mass is 10.4. The second-order valence-corrected chi connectivity index (χ2v) is 5.13. The van der Waals surface area contributed by atoms with Crippen LogP contribution in [0, 0.1) is 0 Å². The van der Waals surface area contributed by atoms with E-state index in [1.807, 2.05) is 0 Å². The Hall–Kier alpha value is -1.91. The maximum absolute atomic E-state index is 12.6. The van der Waals surface area contributed by atoms with E-state index in [1.165, 1.54) is 4.90 Å². The van der Waals surface area contributed by atoms with Crippen LogP contribution in [0.15, 0.2) is 0 Å². The average molecular weight is 308 g/mol. The highest BCUT2D eigenvalue weighted by atomic mass is 32.1. The van der Waals surface area contributed by atoms with Gasteiger partial charge in [-0.2, -0.15) is 22.8 Å². The highest BCUT2D eigenvalue weighted by Crippen LogP contribution is 2.28. The van der Waals surface area contributed by atoms with Crippen molar-refractivity contribution in [3.05, 3.63) is 10.8 Å². The number of hydrogen-bond acceptors (Lipinski definition) is 5. The van der Waals surface area contributed by atoms with E-state index in [2.05, 4.69) is 20.6 Å². The molecule has 11 heteroatoms. The van der Waals surface area contributed by atoms with Gasteiger partial charge in [0.2, 0.25) is 4.96 Å². The van der Waals surface area contributed by atoms with Crippen molar-refractivity contribution in [1.29, 1.82) is 0 Å². The lowest BCUT2D eigenvalue weighted by Crippen LogP contribution is -2.35. The predicted octanol–water partition coefficient (Wildman–Crippen LogP) is 1.02. The third-order valence-corrected chi connectivity index (χ3v) is 3.27. The standard InChI is InChI=1S/C9H11F3N6OS/c1-17(2)7(19)13-4-3-5-16-18-6(9(10,11)12)14-15-8(18)20-5/h3-4H2,1-2H3,(H,13,19). The van der Waals surface area contributed by atoms with Gasteiger partial charge in [-0.05, 0) is 0 Å². The summed E-state index contributed by atoms with van der Waals surface area (Å²) in [5.41, 5.74) is 0. The molecule has 20 heavy (non-hydrogen) atoms. The van der Waals surface area contributed by atoms with Crippen LogP contribution in [-0.2, 0) is 12.6 Å². The molecule has 7 nitrogen and oxygen atoms in total. The van der Waals surface area contributed by atoms with Crippen molar-refractivity contribution < 1.29 is 18.0 Å². The summed E-state index contributed by atoms with van der Waals surface area (Å²) in [7, 11) is 3.18. The molecule has 0 unspecified atom stereocenters. The van der Waals surface area contributed by atoms with Crippen molar-refractivity contribution in [2.45, 2.75) is 12.6 Å². The number of fused-ring (bicyclic) bond motifs is 1. The van der Waals surface area contributed by atoms with Crippen LogP contribution in [0.1, 0.15) is 10.8 Å². The van der Waals surface area contributed by atoms with Crippen molar-refractivity contribution >= 4 is 22.3 Å². The molecule has 2 heterocycles. The van der Waals surface area contributed by atoms with Gasteiger partial charge in [0, 0.05) is 27.1 Å². The Morgan fingerprint density at radius 3 is 2.70 bits per heavy atom. The maximum Gasteiger partial charge on any atom is 0.453 e. The predicted molar refractivity (Wildman–Crippen MR) is 64.5 cm³/mol. The first kappa shape index (κ1) is 14.5. The quantitative estimate of drug-likeness (QED) is 0.918. The van der Waals surface area contributed by atoms with Crippen LogP contribution in [0.2, 0.25) is 0 Å². The topological polar surface area (TPSA) is 75.4 Å². The Bertz CT molecular complexity index is 619. The van der Waals surface area contributed by atoms with Gasteiger partial charge in [-0.3, -0.25) is 0 Å². The number of amides is 2. The van der Waals surface area contributed by atoms with Crippen LogP contribution in [0.3, 0.4) is 0 Å². The van der Waals surface area contributed by atoms with Crippen LogP contribution in [-0.4, -0.2) is 51.4 Å². The van der Waals surface area contributed by atoms with Crippen molar-refractivity contribution in [3.63, 3.8) is 0 Å². The molecule has 2 aromatic heterocycles. The van der Waals surface area contributed by atoms with Crippen LogP contribution in [0.25, 0.3) is 4.96 Å². The van der Waals surface area contributed by atoms with Crippen molar-refractivity contribution in [1.82, 2.24) is 30.0 Å². The van der Waals surface area contributed by atoms with Gasteiger partial charge in [0.25, 0.3) is 5.82 Å². The van der Waals surface area contributed by atoms with E-state index >= 15 is 0 Å². The summed E-state index contributed by atoms with van der Waals surface area (Å²) in [6.45, 7) is 0.280. The van der Waals surface area contributed by atoms with Crippen molar-refractivity contribution in [2.75, 3.05) is 20.6 Å². The van der Waals surface area contributed by atoms with Crippen LogP contribution >= 0.6 is 11.3 Å². The Labute approximate surface area is 115 Å². The van der Waals surface area contributed by atoms with E-state index < -0.39 is 12.0 Å². The normalized spacial score (nSPS) is 11.8. The highest BCUT2D eigenvalue weighted by molar-refractivity contribution is 7.16. The van der Waals surface area contributed by atoms with Gasteiger partial charge in [0.15, 0.2) is 0 Å². The molecule has 2 rings (SSSR count). The fraction of sp³-hybridized carbons (Fsp3) is 0.556. The second-order valence-electron chi connectivity index (χ2n) is 4.09. The van der Waals surface area contributed by atoms with Gasteiger partial charge in [0.1, 0.15) is 5.01 Å². The zero-order valence-electron chi connectivity index (χ0n) is 10.6. The molecule has 0 spiro atoms. The monoisotopic (exact) mass is 308 g/mol. The fourth-order valence-corrected chi connectivity index (χ4v) is 2.20. The Balaban J connectivity index is 2.06. The summed E-state index contributed by atoms with van der Waals surface area (Å²) in [6, 6.07) is -0.274. The lowest BCUT2D eigenvalue weighted by molar-refractivity contribution is -0.146. The summed E-state index contributed by atoms with van der Waals surface area (Å²) >= 11 is 1.01. The largest absolute Gasteiger partial charge is 0.453 e. The molecule has 0 saturated carbocycles. The summed E-state index contributed by atoms with van der Waals surface area (Å²) in [5, 5.41) is 13.3. The molecule has 0 atom stereocenters. The molecule has 0 saturated heterocycles. The second kappa shape index (κ2) is 5.23. The molecule has 2 amide bonds. The highest BCUT2D eigenvalue weighted by Gasteiger charge is 2.38. The average Bonchev–Trinajstić information content (AvgIpc) is 2.86. The number of aromatic nitrogens is 4. The van der Waals surface area contributed by atoms with E-state index in [-0.39, 0.29) is 17.5 Å². The van der Waals surface area contributed by atoms with Gasteiger partial charge in [-0.25, -0.2) is 4.79 Å². The number of halogens is 3. The smallest absolute Gasteiger partial charge is 0.338 e. The van der Waals surface area contributed by atoms with E-state index in [1.54, 1.807) is 14.1 Å². The van der Waals surface area contributed by atoms with Gasteiger partial charge >= 0.3 is 12.2 Å². The molecule has 0 aromatic carbocycles. The SMILES string of the molecule is CN(C)C(=O)NCCc1nn2c(C(F)(F)F)nnc2s1. The van der Waals surface area contributed by atoms with Crippen molar-refractivity contribution in [3.8, 4) is 0 Å². The molecule has 0 aliphatic carbocycles. The number of carbonyl (C=O) groups is 1. The van der Waals surface area contributed by atoms with Crippen LogP contribution < -0.4 is 5.32 Å². The Morgan fingerprint density at radius 2 is 2.10 bits per heavy atom. The number of carbonyl (C=O) groups excluding carboxylic acids is 1. The summed E-state index contributed by atoms with van der Waals surface area (Å²) in [5.74, 6) is -1.15. The zero-order chi connectivity index (χ0) is 14.9. The van der Waals surface area contributed by atoms with E-state index in [9.17, 15) is 18.0 Å². The van der Waals surface area contributed by atoms with Gasteiger partial charge in [0.05, 0.1) is 0 Å². The molecule has 0 fully saturated rings. The molecular weight excluding hydrogens is 297 g/mol. The number of nitrogens with one attached hydrogen (secondary N) is 1. The van der Waals surface area contributed by atoms with E-state index in [0.717, 1.165) is 11.3 Å². The van der Waals surface area contributed by atoms with Gasteiger partial charge < -0.3 is 10.2 Å². The summed E-state index contributed by atoms with van der Waals surface area (Å²) in [4.78, 5) is 12.7. The number of alkyl halides is 3. The van der Waals surface area contributed by atoms with Crippen molar-refractivity contribution in [2.24, 2.45) is 0 Å². The van der Waals surface area contributed by atoms with Gasteiger partial charge in [-0.15, -0.1) is 10.2 Å².